The van der Waals surface area contributed by atoms with Gasteiger partial charge in [0, 0.05) is 41.3 Å². The van der Waals surface area contributed by atoms with E-state index in [2.05, 4.69) is 6.92 Å². The number of aromatic nitrogens is 1. The van der Waals surface area contributed by atoms with Gasteiger partial charge in [0.05, 0.1) is 13.0 Å². The minimum Gasteiger partial charge on any atom is -0.497 e. The number of ketones is 1. The van der Waals surface area contributed by atoms with Crippen molar-refractivity contribution in [3.63, 3.8) is 0 Å². The predicted octanol–water partition coefficient (Wildman–Crippen LogP) is 4.44. The van der Waals surface area contributed by atoms with Crippen molar-refractivity contribution in [2.75, 3.05) is 25.2 Å². The molecule has 7 nitrogen and oxygen atoms in total. The first-order chi connectivity index (χ1) is 16.8. The first-order valence-electron chi connectivity index (χ1n) is 11.7. The fourth-order valence-electron chi connectivity index (χ4n) is 4.53. The van der Waals surface area contributed by atoms with Crippen LogP contribution in [0.1, 0.15) is 40.7 Å². The monoisotopic (exact) mass is 474 g/mol. The van der Waals surface area contributed by atoms with E-state index in [-0.39, 0.29) is 31.3 Å². The van der Waals surface area contributed by atoms with Crippen LogP contribution < -0.4 is 9.64 Å². The van der Waals surface area contributed by atoms with Crippen molar-refractivity contribution in [1.82, 2.24) is 4.57 Å². The van der Waals surface area contributed by atoms with Crippen molar-refractivity contribution < 1.29 is 23.9 Å². The molecule has 1 fully saturated rings. The van der Waals surface area contributed by atoms with E-state index in [9.17, 15) is 14.4 Å². The van der Waals surface area contributed by atoms with Crippen LogP contribution in [0.5, 0.6) is 5.75 Å². The van der Waals surface area contributed by atoms with Crippen LogP contribution in [-0.2, 0) is 20.7 Å². The Hall–Kier alpha value is -3.87. The van der Waals surface area contributed by atoms with Crippen molar-refractivity contribution in [3.8, 4) is 11.4 Å². The predicted molar refractivity (Wildman–Crippen MR) is 133 cm³/mol. The van der Waals surface area contributed by atoms with E-state index >= 15 is 0 Å². The second kappa shape index (κ2) is 10.2. The van der Waals surface area contributed by atoms with Crippen molar-refractivity contribution >= 4 is 23.3 Å². The number of aryl methyl sites for hydroxylation is 2. The topological polar surface area (TPSA) is 77.8 Å². The average Bonchev–Trinajstić information content (AvgIpc) is 3.41. The lowest BCUT2D eigenvalue weighted by molar-refractivity contribution is -0.147. The van der Waals surface area contributed by atoms with Crippen LogP contribution in [0.3, 0.4) is 0 Å². The molecule has 1 saturated heterocycles. The van der Waals surface area contributed by atoms with Crippen LogP contribution in [0.15, 0.2) is 54.6 Å². The fourth-order valence-corrected chi connectivity index (χ4v) is 4.53. The first-order valence-corrected chi connectivity index (χ1v) is 11.7. The number of carbonyl (C=O) groups excluding carboxylic acids is 3. The molecule has 0 aliphatic carbocycles. The van der Waals surface area contributed by atoms with Gasteiger partial charge in [-0.3, -0.25) is 14.4 Å². The van der Waals surface area contributed by atoms with Crippen LogP contribution in [0.4, 0.5) is 5.69 Å². The van der Waals surface area contributed by atoms with Gasteiger partial charge in [-0.1, -0.05) is 19.1 Å². The summed E-state index contributed by atoms with van der Waals surface area (Å²) in [7, 11) is 1.61. The summed E-state index contributed by atoms with van der Waals surface area (Å²) in [4.78, 5) is 39.7. The van der Waals surface area contributed by atoms with Gasteiger partial charge in [0.25, 0.3) is 0 Å². The molecule has 182 valence electrons. The maximum Gasteiger partial charge on any atom is 0.311 e. The number of hydrogen-bond donors (Lipinski definition) is 0. The highest BCUT2D eigenvalue weighted by Crippen LogP contribution is 2.27. The third-order valence-corrected chi connectivity index (χ3v) is 6.52. The molecular formula is C28H30N2O5. The van der Waals surface area contributed by atoms with Gasteiger partial charge in [-0.25, -0.2) is 0 Å². The number of Topliss-reactive ketones (excluding diaryl/α,β-unsaturated/α-hetero) is 1. The zero-order chi connectivity index (χ0) is 25.1. The van der Waals surface area contributed by atoms with Crippen LogP contribution >= 0.6 is 0 Å². The highest BCUT2D eigenvalue weighted by molar-refractivity contribution is 6.01. The lowest BCUT2D eigenvalue weighted by atomic mass is 10.1. The lowest BCUT2D eigenvalue weighted by Crippen LogP contribution is -2.27. The number of nitrogens with zero attached hydrogens (tertiary/aromatic N) is 2. The molecule has 35 heavy (non-hydrogen) atoms. The lowest BCUT2D eigenvalue weighted by Gasteiger charge is -2.17. The number of hydrogen-bond acceptors (Lipinski definition) is 5. The molecule has 1 unspecified atom stereocenters. The van der Waals surface area contributed by atoms with Crippen LogP contribution in [0.25, 0.3) is 5.69 Å². The molecule has 1 aliphatic heterocycles. The normalized spacial score (nSPS) is 15.4. The van der Waals surface area contributed by atoms with Crippen LogP contribution in [0.2, 0.25) is 0 Å². The number of esters is 1. The number of carbonyl (C=O) groups is 3. The van der Waals surface area contributed by atoms with Crippen LogP contribution in [0, 0.1) is 19.8 Å². The smallest absolute Gasteiger partial charge is 0.311 e. The third kappa shape index (κ3) is 4.99. The van der Waals surface area contributed by atoms with Gasteiger partial charge >= 0.3 is 5.97 Å². The second-order valence-corrected chi connectivity index (χ2v) is 8.77. The quantitative estimate of drug-likeness (QED) is 0.356. The van der Waals surface area contributed by atoms with Crippen molar-refractivity contribution in [2.45, 2.75) is 33.6 Å². The van der Waals surface area contributed by atoms with Gasteiger partial charge in [-0.2, -0.15) is 0 Å². The molecule has 4 rings (SSSR count). The van der Waals surface area contributed by atoms with E-state index in [0.717, 1.165) is 34.9 Å². The number of rotatable bonds is 8. The molecule has 7 heteroatoms. The van der Waals surface area contributed by atoms with Gasteiger partial charge in [0.2, 0.25) is 11.7 Å². The molecule has 1 atom stereocenters. The number of amides is 1. The molecular weight excluding hydrogens is 444 g/mol. The molecule has 1 amide bonds. The summed E-state index contributed by atoms with van der Waals surface area (Å²) in [6.07, 6.45) is 0.994. The van der Waals surface area contributed by atoms with Gasteiger partial charge < -0.3 is 18.9 Å². The van der Waals surface area contributed by atoms with Gasteiger partial charge in [-0.15, -0.1) is 0 Å². The maximum absolute atomic E-state index is 12.9. The van der Waals surface area contributed by atoms with Gasteiger partial charge in [-0.05, 0) is 68.3 Å². The number of methoxy groups -OCH3 is 1. The number of ether oxygens (including phenoxy) is 2. The Morgan fingerprint density at radius 2 is 1.66 bits per heavy atom. The molecule has 0 saturated carbocycles. The van der Waals surface area contributed by atoms with E-state index in [1.807, 2.05) is 66.9 Å². The highest BCUT2D eigenvalue weighted by atomic mass is 16.5. The number of benzene rings is 2. The molecule has 3 aromatic rings. The van der Waals surface area contributed by atoms with Crippen molar-refractivity contribution in [3.05, 3.63) is 77.1 Å². The van der Waals surface area contributed by atoms with Gasteiger partial charge in [0.15, 0.2) is 6.61 Å². The second-order valence-electron chi connectivity index (χ2n) is 8.77. The summed E-state index contributed by atoms with van der Waals surface area (Å²) in [5.74, 6) is -0.759. The maximum atomic E-state index is 12.9. The summed E-state index contributed by atoms with van der Waals surface area (Å²) in [5, 5.41) is 0. The molecule has 1 aliphatic rings. The Morgan fingerprint density at radius 3 is 2.29 bits per heavy atom. The van der Waals surface area contributed by atoms with Crippen molar-refractivity contribution in [1.29, 1.82) is 0 Å². The Bertz CT molecular complexity index is 1240. The Labute approximate surface area is 205 Å². The van der Waals surface area contributed by atoms with E-state index in [0.29, 0.717) is 5.56 Å². The minimum absolute atomic E-state index is 0.0779. The largest absolute Gasteiger partial charge is 0.497 e. The summed E-state index contributed by atoms with van der Waals surface area (Å²) in [5.41, 5.74) is 5.03. The van der Waals surface area contributed by atoms with E-state index in [1.165, 1.54) is 5.56 Å². The summed E-state index contributed by atoms with van der Waals surface area (Å²) in [6, 6.07) is 17.1. The summed E-state index contributed by atoms with van der Waals surface area (Å²) >= 11 is 0. The minimum atomic E-state index is -0.590. The van der Waals surface area contributed by atoms with Crippen molar-refractivity contribution in [2.24, 2.45) is 5.92 Å². The standard InChI is InChI=1S/C28H30N2O5/c1-5-20-6-8-22(9-7-20)29-16-21(15-27(29)32)28(33)35-17-26(31)25-14-18(2)30(19(25)3)23-10-12-24(34-4)13-11-23/h6-14,21H,5,15-17H2,1-4H3. The van der Waals surface area contributed by atoms with E-state index < -0.39 is 11.9 Å². The Balaban J connectivity index is 1.39. The first kappa shape index (κ1) is 24.3. The highest BCUT2D eigenvalue weighted by Gasteiger charge is 2.36. The average molecular weight is 475 g/mol. The third-order valence-electron chi connectivity index (χ3n) is 6.52. The number of anilines is 1. The summed E-state index contributed by atoms with van der Waals surface area (Å²) < 4.78 is 12.6. The zero-order valence-electron chi connectivity index (χ0n) is 20.5. The molecule has 2 heterocycles. The fraction of sp³-hybridized carbons (Fsp3) is 0.321. The van der Waals surface area contributed by atoms with Gasteiger partial charge in [0.1, 0.15) is 5.75 Å². The zero-order valence-corrected chi connectivity index (χ0v) is 20.5. The molecule has 0 N–H and O–H groups in total. The molecule has 1 aromatic heterocycles. The molecule has 0 bridgehead atoms. The summed E-state index contributed by atoms with van der Waals surface area (Å²) in [6.45, 7) is 5.75. The molecule has 0 radical (unpaired) electrons. The van der Waals surface area contributed by atoms with Crippen LogP contribution in [-0.4, -0.2) is 42.5 Å². The Kier molecular flexibility index (Phi) is 7.05. The molecule has 0 spiro atoms. The molecule has 2 aromatic carbocycles. The van der Waals surface area contributed by atoms with E-state index in [4.69, 9.17) is 9.47 Å². The van der Waals surface area contributed by atoms with E-state index in [1.54, 1.807) is 18.1 Å². The Morgan fingerprint density at radius 1 is 1.00 bits per heavy atom. The SMILES string of the molecule is CCc1ccc(N2CC(C(=O)OCC(=O)c3cc(C)n(-c4ccc(OC)cc4)c3C)CC2=O)cc1.